The average molecular weight is 723 g/mol. The van der Waals surface area contributed by atoms with Crippen LogP contribution in [0.1, 0.15) is 48.1 Å². The number of aliphatic imine (C=N–C) groups is 1. The van der Waals surface area contributed by atoms with Crippen LogP contribution >= 0.6 is 0 Å². The number of aromatic nitrogens is 2. The highest BCUT2D eigenvalue weighted by molar-refractivity contribution is 5.95. The molecule has 4 rings (SSSR count). The Morgan fingerprint density at radius 2 is 1.23 bits per heavy atom. The van der Waals surface area contributed by atoms with Crippen molar-refractivity contribution in [3.8, 4) is 0 Å². The Hall–Kier alpha value is -6.51. The molecule has 4 aromatic rings. The van der Waals surface area contributed by atoms with Crippen molar-refractivity contribution < 1.29 is 24.0 Å². The molecular weight excluding hydrogens is 676 g/mol. The Morgan fingerprint density at radius 3 is 1.74 bits per heavy atom. The average Bonchev–Trinajstić information content (AvgIpc) is 3.66. The Morgan fingerprint density at radius 1 is 0.698 bits per heavy atom. The van der Waals surface area contributed by atoms with Gasteiger partial charge < -0.3 is 43.5 Å². The first-order valence-electron chi connectivity index (χ1n) is 17.2. The smallest absolute Gasteiger partial charge is 0.243 e. The summed E-state index contributed by atoms with van der Waals surface area (Å²) in [5.41, 5.74) is 19.8. The number of nitrogens with zero attached hydrogens (tertiary/aromatic N) is 2. The molecule has 1 aromatic heterocycles. The van der Waals surface area contributed by atoms with Gasteiger partial charge in [-0.3, -0.25) is 29.0 Å². The second-order valence-corrected chi connectivity index (χ2v) is 12.5. The molecule has 0 bridgehead atoms. The monoisotopic (exact) mass is 722 g/mol. The molecule has 15 heteroatoms. The number of hydrogen-bond donors (Lipinski definition) is 8. The quantitative estimate of drug-likeness (QED) is 0.0384. The number of aromatic amines is 1. The highest BCUT2D eigenvalue weighted by Gasteiger charge is 2.35. The minimum Gasteiger partial charge on any atom is -0.370 e. The fourth-order valence-electron chi connectivity index (χ4n) is 5.92. The van der Waals surface area contributed by atoms with Crippen molar-refractivity contribution >= 4 is 35.5 Å². The van der Waals surface area contributed by atoms with Crippen molar-refractivity contribution in [2.75, 3.05) is 6.54 Å². The predicted molar refractivity (Wildman–Crippen MR) is 200 cm³/mol. The number of hydrogen-bond acceptors (Lipinski definition) is 7. The predicted octanol–water partition coefficient (Wildman–Crippen LogP) is 0.525. The van der Waals surface area contributed by atoms with Crippen molar-refractivity contribution in [2.24, 2.45) is 22.2 Å². The van der Waals surface area contributed by atoms with Crippen molar-refractivity contribution in [1.82, 2.24) is 31.2 Å². The normalized spacial score (nSPS) is 13.1. The molecule has 11 N–H and O–H groups in total. The van der Waals surface area contributed by atoms with E-state index in [0.717, 1.165) is 16.7 Å². The van der Waals surface area contributed by atoms with E-state index >= 15 is 0 Å². The summed E-state index contributed by atoms with van der Waals surface area (Å²) in [4.78, 5) is 77.9. The van der Waals surface area contributed by atoms with Crippen LogP contribution in [0.5, 0.6) is 0 Å². The van der Waals surface area contributed by atoms with Gasteiger partial charge in [0.05, 0.1) is 6.33 Å². The molecule has 0 fully saturated rings. The van der Waals surface area contributed by atoms with Gasteiger partial charge >= 0.3 is 0 Å². The van der Waals surface area contributed by atoms with Crippen LogP contribution in [-0.4, -0.2) is 76.2 Å². The molecule has 278 valence electrons. The van der Waals surface area contributed by atoms with Crippen molar-refractivity contribution in [3.63, 3.8) is 0 Å². The number of benzene rings is 3. The molecule has 0 aliphatic heterocycles. The van der Waals surface area contributed by atoms with E-state index in [2.05, 4.69) is 36.2 Å². The van der Waals surface area contributed by atoms with Crippen LogP contribution in [0.25, 0.3) is 0 Å². The third kappa shape index (κ3) is 12.3. The Labute approximate surface area is 307 Å². The first-order valence-corrected chi connectivity index (χ1v) is 17.2. The van der Waals surface area contributed by atoms with Gasteiger partial charge in [0.1, 0.15) is 24.2 Å². The van der Waals surface area contributed by atoms with Crippen LogP contribution in [0.4, 0.5) is 0 Å². The number of imidazole rings is 1. The van der Waals surface area contributed by atoms with Gasteiger partial charge in [-0.1, -0.05) is 91.0 Å². The molecule has 3 aromatic carbocycles. The number of carbonyl (C=O) groups is 5. The summed E-state index contributed by atoms with van der Waals surface area (Å²) >= 11 is 0. The van der Waals surface area contributed by atoms with Crippen LogP contribution in [-0.2, 0) is 36.8 Å². The summed E-state index contributed by atoms with van der Waals surface area (Å²) in [6, 6.07) is 22.7. The lowest BCUT2D eigenvalue weighted by Gasteiger charge is -2.29. The number of H-pyrrole nitrogens is 1. The molecule has 0 aliphatic rings. The summed E-state index contributed by atoms with van der Waals surface area (Å²) in [6.45, 7) is 1.44. The maximum Gasteiger partial charge on any atom is 0.243 e. The molecule has 53 heavy (non-hydrogen) atoms. The van der Waals surface area contributed by atoms with Crippen molar-refractivity contribution in [1.29, 1.82) is 0 Å². The van der Waals surface area contributed by atoms with Gasteiger partial charge in [0.2, 0.25) is 29.5 Å². The van der Waals surface area contributed by atoms with E-state index in [1.807, 2.05) is 66.7 Å². The van der Waals surface area contributed by atoms with E-state index < -0.39 is 59.6 Å². The molecule has 0 unspecified atom stereocenters. The lowest BCUT2D eigenvalue weighted by molar-refractivity contribution is -0.134. The Kier molecular flexibility index (Phi) is 14.7. The first-order chi connectivity index (χ1) is 25.5. The van der Waals surface area contributed by atoms with Gasteiger partial charge in [0, 0.05) is 44.1 Å². The first kappa shape index (κ1) is 39.3. The largest absolute Gasteiger partial charge is 0.370 e. The summed E-state index contributed by atoms with van der Waals surface area (Å²) in [6.07, 6.45) is 3.48. The van der Waals surface area contributed by atoms with Crippen molar-refractivity contribution in [2.45, 2.75) is 62.7 Å². The molecule has 0 saturated heterocycles. The zero-order valence-corrected chi connectivity index (χ0v) is 29.4. The van der Waals surface area contributed by atoms with E-state index in [-0.39, 0.29) is 38.2 Å². The van der Waals surface area contributed by atoms with E-state index in [1.54, 1.807) is 24.3 Å². The van der Waals surface area contributed by atoms with Gasteiger partial charge in [0.15, 0.2) is 5.96 Å². The summed E-state index contributed by atoms with van der Waals surface area (Å²) in [7, 11) is 0. The molecular formula is C38H46N10O5. The third-order valence-corrected chi connectivity index (χ3v) is 8.42. The van der Waals surface area contributed by atoms with Crippen LogP contribution in [0, 0.1) is 0 Å². The van der Waals surface area contributed by atoms with E-state index in [9.17, 15) is 24.0 Å². The fourth-order valence-corrected chi connectivity index (χ4v) is 5.92. The second-order valence-electron chi connectivity index (χ2n) is 12.5. The minimum absolute atomic E-state index is 0.0611. The molecule has 4 atom stereocenters. The van der Waals surface area contributed by atoms with E-state index in [0.29, 0.717) is 5.69 Å². The number of carbonyl (C=O) groups excluding carboxylic acids is 5. The van der Waals surface area contributed by atoms with Gasteiger partial charge in [-0.15, -0.1) is 0 Å². The zero-order chi connectivity index (χ0) is 38.2. The molecule has 0 radical (unpaired) electrons. The fraction of sp³-hybridized carbons (Fsp3) is 0.289. The Bertz CT molecular complexity index is 1780. The summed E-state index contributed by atoms with van der Waals surface area (Å²) in [5.74, 6) is -3.98. The zero-order valence-electron chi connectivity index (χ0n) is 29.4. The number of primary amides is 1. The van der Waals surface area contributed by atoms with Gasteiger partial charge in [-0.2, -0.15) is 0 Å². The van der Waals surface area contributed by atoms with Gasteiger partial charge in [0.25, 0.3) is 0 Å². The summed E-state index contributed by atoms with van der Waals surface area (Å²) < 4.78 is 0. The maximum atomic E-state index is 14.1. The second kappa shape index (κ2) is 19.8. The minimum atomic E-state index is -1.20. The molecule has 0 spiro atoms. The van der Waals surface area contributed by atoms with Crippen LogP contribution < -0.4 is 38.5 Å². The number of guanidine groups is 1. The SMILES string of the molecule is CC(=O)N[C@@H](Cc1cnc[nH]1)C(=O)N[C@H](Cc1ccccc1)C(=O)N[C@@H](CCCN=C(N)N)C(=O)N[C@H](C(N)=O)C(c1ccccc1)c1ccccc1. The maximum absolute atomic E-state index is 14.1. The van der Waals surface area contributed by atoms with Gasteiger partial charge in [-0.25, -0.2) is 4.98 Å². The van der Waals surface area contributed by atoms with Crippen LogP contribution in [0.15, 0.2) is 109 Å². The lowest BCUT2D eigenvalue weighted by atomic mass is 9.84. The topological polar surface area (TPSA) is 253 Å². The molecule has 5 amide bonds. The Balaban J connectivity index is 1.63. The standard InChI is InChI=1S/C38H46N10O5/c1-24(49)45-31(21-28-22-42-23-44-28)37(53)47-30(20-25-12-5-2-6-13-25)36(52)46-29(18-11-19-43-38(40)41)35(51)48-33(34(39)50)32(26-14-7-3-8-15-26)27-16-9-4-10-17-27/h2-10,12-17,22-23,29-33H,11,18-21H2,1H3,(H2,39,50)(H,42,44)(H,45,49)(H,46,52)(H,47,53)(H,48,51)(H4,40,41,43)/t29-,30+,31-,33-/m0/s1. The molecule has 0 saturated carbocycles. The lowest BCUT2D eigenvalue weighted by Crippen LogP contribution is -2.59. The third-order valence-electron chi connectivity index (χ3n) is 8.42. The van der Waals surface area contributed by atoms with E-state index in [4.69, 9.17) is 17.2 Å². The molecule has 1 heterocycles. The molecule has 0 aliphatic carbocycles. The highest BCUT2D eigenvalue weighted by Crippen LogP contribution is 2.28. The van der Waals surface area contributed by atoms with E-state index in [1.165, 1.54) is 19.4 Å². The summed E-state index contributed by atoms with van der Waals surface area (Å²) in [5, 5.41) is 11.0. The number of rotatable bonds is 19. The highest BCUT2D eigenvalue weighted by atomic mass is 16.2. The van der Waals surface area contributed by atoms with Crippen LogP contribution in [0.3, 0.4) is 0 Å². The number of nitrogens with two attached hydrogens (primary N) is 3. The van der Waals surface area contributed by atoms with Crippen molar-refractivity contribution in [3.05, 3.63) is 126 Å². The number of amides is 5. The number of nitrogens with one attached hydrogen (secondary N) is 5. The van der Waals surface area contributed by atoms with Crippen LogP contribution in [0.2, 0.25) is 0 Å². The molecule has 15 nitrogen and oxygen atoms in total. The van der Waals surface area contributed by atoms with Gasteiger partial charge in [-0.05, 0) is 29.5 Å².